The van der Waals surface area contributed by atoms with Gasteiger partial charge in [0, 0.05) is 5.56 Å². The van der Waals surface area contributed by atoms with Crippen LogP contribution in [-0.4, -0.2) is 22.4 Å². The van der Waals surface area contributed by atoms with Crippen molar-refractivity contribution in [2.24, 2.45) is 15.4 Å². The van der Waals surface area contributed by atoms with Gasteiger partial charge in [-0.15, -0.1) is 5.11 Å². The van der Waals surface area contributed by atoms with Gasteiger partial charge in [-0.2, -0.15) is 5.11 Å². The Labute approximate surface area is 110 Å². The predicted octanol–water partition coefficient (Wildman–Crippen LogP) is 2.71. The lowest BCUT2D eigenvalue weighted by Gasteiger charge is -2.12. The van der Waals surface area contributed by atoms with Crippen LogP contribution in [0, 0.1) is 6.92 Å². The first-order chi connectivity index (χ1) is 9.02. The average Bonchev–Trinajstić information content (AvgIpc) is 2.89. The predicted molar refractivity (Wildman–Crippen MR) is 67.4 cm³/mol. The van der Waals surface area contributed by atoms with Gasteiger partial charge < -0.3 is 9.36 Å². The lowest BCUT2D eigenvalue weighted by atomic mass is 9.96. The topological polar surface area (TPSA) is 89.4 Å². The maximum absolute atomic E-state index is 11.7. The number of aryl methyl sites for hydroxylation is 1. The van der Waals surface area contributed by atoms with Crippen molar-refractivity contribution in [3.63, 3.8) is 0 Å². The molecule has 1 aromatic rings. The molecular formula is C12H16N4O3. The van der Waals surface area contributed by atoms with Crippen LogP contribution in [0.1, 0.15) is 38.4 Å². The molecule has 2 rings (SSSR count). The minimum absolute atomic E-state index is 0.313. The normalized spacial score (nSPS) is 22.9. The Morgan fingerprint density at radius 2 is 2.05 bits per heavy atom. The smallest absolute Gasteiger partial charge is 0.334 e. The second kappa shape index (κ2) is 4.91. The number of carbonyl (C=O) groups excluding carboxylic acids is 1. The molecule has 1 aliphatic heterocycles. The summed E-state index contributed by atoms with van der Waals surface area (Å²) >= 11 is 0. The number of rotatable bonds is 4. The van der Waals surface area contributed by atoms with Crippen LogP contribution in [-0.2, 0) is 16.1 Å². The Kier molecular flexibility index (Phi) is 3.46. The number of azo groups is 1. The second-order valence-corrected chi connectivity index (χ2v) is 4.46. The summed E-state index contributed by atoms with van der Waals surface area (Å²) in [6.07, 6.45) is 1.32. The molecule has 1 aliphatic rings. The monoisotopic (exact) mass is 264 g/mol. The summed E-state index contributed by atoms with van der Waals surface area (Å²) in [5.41, 5.74) is 1.04. The van der Waals surface area contributed by atoms with Gasteiger partial charge in [0.05, 0.1) is 11.4 Å². The van der Waals surface area contributed by atoms with Gasteiger partial charge >= 0.3 is 5.97 Å². The first-order valence-corrected chi connectivity index (χ1v) is 6.19. The Bertz CT molecular complexity index is 561. The molecule has 1 unspecified atom stereocenters. The standard InChI is InChI=1S/C12H16N4O3/c1-5-8-7(3)10(18-14-8)13-16-12(4)9(6-2)15-19-11(12)17/h5-6H2,1-4H3. The van der Waals surface area contributed by atoms with Gasteiger partial charge in [-0.1, -0.05) is 24.2 Å². The third-order valence-corrected chi connectivity index (χ3v) is 3.20. The minimum atomic E-state index is -1.17. The van der Waals surface area contributed by atoms with E-state index < -0.39 is 11.5 Å². The maximum atomic E-state index is 11.7. The zero-order valence-corrected chi connectivity index (χ0v) is 11.4. The fourth-order valence-corrected chi connectivity index (χ4v) is 1.83. The van der Waals surface area contributed by atoms with Gasteiger partial charge in [0.2, 0.25) is 5.54 Å². The van der Waals surface area contributed by atoms with Gasteiger partial charge in [-0.3, -0.25) is 0 Å². The van der Waals surface area contributed by atoms with Crippen LogP contribution < -0.4 is 0 Å². The lowest BCUT2D eigenvalue weighted by Crippen LogP contribution is -2.37. The van der Waals surface area contributed by atoms with Crippen molar-refractivity contribution in [1.82, 2.24) is 5.16 Å². The number of nitrogens with zero attached hydrogens (tertiary/aromatic N) is 4. The summed E-state index contributed by atoms with van der Waals surface area (Å²) < 4.78 is 5.09. The average molecular weight is 264 g/mol. The van der Waals surface area contributed by atoms with E-state index >= 15 is 0 Å². The SMILES string of the molecule is CCC1=NOC(=O)C1(C)N=Nc1onc(CC)c1C. The Morgan fingerprint density at radius 1 is 1.32 bits per heavy atom. The zero-order valence-electron chi connectivity index (χ0n) is 11.4. The molecule has 0 fully saturated rings. The van der Waals surface area contributed by atoms with Gasteiger partial charge in [0.15, 0.2) is 0 Å². The van der Waals surface area contributed by atoms with Gasteiger partial charge in [0.25, 0.3) is 5.88 Å². The molecule has 0 saturated carbocycles. The van der Waals surface area contributed by atoms with E-state index in [1.165, 1.54) is 0 Å². The van der Waals surface area contributed by atoms with Crippen molar-refractivity contribution in [3.05, 3.63) is 11.3 Å². The molecule has 0 amide bonds. The van der Waals surface area contributed by atoms with Crippen LogP contribution in [0.5, 0.6) is 0 Å². The summed E-state index contributed by atoms with van der Waals surface area (Å²) in [4.78, 5) is 16.4. The van der Waals surface area contributed by atoms with Crippen molar-refractivity contribution in [3.8, 4) is 0 Å². The molecule has 2 heterocycles. The van der Waals surface area contributed by atoms with E-state index in [2.05, 4.69) is 25.4 Å². The third kappa shape index (κ3) is 2.16. The van der Waals surface area contributed by atoms with Gasteiger partial charge in [-0.25, -0.2) is 4.79 Å². The van der Waals surface area contributed by atoms with Crippen LogP contribution in [0.25, 0.3) is 0 Å². The first kappa shape index (κ1) is 13.4. The van der Waals surface area contributed by atoms with E-state index in [0.29, 0.717) is 18.0 Å². The molecule has 0 aromatic carbocycles. The Balaban J connectivity index is 2.29. The molecule has 102 valence electrons. The summed E-state index contributed by atoms with van der Waals surface area (Å²) in [7, 11) is 0. The number of oxime groups is 1. The highest BCUT2D eigenvalue weighted by molar-refractivity contribution is 6.13. The fraction of sp³-hybridized carbons (Fsp3) is 0.583. The molecule has 0 bridgehead atoms. The molecule has 0 saturated heterocycles. The number of hydrogen-bond donors (Lipinski definition) is 0. The first-order valence-electron chi connectivity index (χ1n) is 6.19. The molecule has 1 atom stereocenters. The van der Waals surface area contributed by atoms with E-state index in [-0.39, 0.29) is 0 Å². The van der Waals surface area contributed by atoms with Crippen LogP contribution in [0.3, 0.4) is 0 Å². The molecule has 0 radical (unpaired) electrons. The van der Waals surface area contributed by atoms with Gasteiger partial charge in [0.1, 0.15) is 0 Å². The van der Waals surface area contributed by atoms with Crippen molar-refractivity contribution in [2.45, 2.75) is 46.1 Å². The van der Waals surface area contributed by atoms with Crippen LogP contribution in [0.4, 0.5) is 5.88 Å². The van der Waals surface area contributed by atoms with Crippen molar-refractivity contribution in [2.75, 3.05) is 0 Å². The fourth-order valence-electron chi connectivity index (χ4n) is 1.83. The molecule has 7 heteroatoms. The van der Waals surface area contributed by atoms with E-state index in [0.717, 1.165) is 17.7 Å². The highest BCUT2D eigenvalue weighted by Crippen LogP contribution is 2.28. The molecule has 1 aromatic heterocycles. The zero-order chi connectivity index (χ0) is 14.0. The Morgan fingerprint density at radius 3 is 2.63 bits per heavy atom. The molecular weight excluding hydrogens is 248 g/mol. The highest BCUT2D eigenvalue weighted by Gasteiger charge is 2.45. The van der Waals surface area contributed by atoms with Crippen LogP contribution in [0.2, 0.25) is 0 Å². The number of carbonyl (C=O) groups is 1. The molecule has 19 heavy (non-hydrogen) atoms. The quantitative estimate of drug-likeness (QED) is 0.617. The molecule has 7 nitrogen and oxygen atoms in total. The maximum Gasteiger partial charge on any atom is 0.369 e. The van der Waals surface area contributed by atoms with Crippen molar-refractivity contribution >= 4 is 17.6 Å². The van der Waals surface area contributed by atoms with Crippen LogP contribution in [0.15, 0.2) is 19.9 Å². The van der Waals surface area contributed by atoms with Crippen LogP contribution >= 0.6 is 0 Å². The molecule has 0 spiro atoms. The van der Waals surface area contributed by atoms with E-state index in [1.54, 1.807) is 6.92 Å². The lowest BCUT2D eigenvalue weighted by molar-refractivity contribution is -0.144. The van der Waals surface area contributed by atoms with E-state index in [9.17, 15) is 4.79 Å². The summed E-state index contributed by atoms with van der Waals surface area (Å²) in [5, 5.41) is 15.6. The van der Waals surface area contributed by atoms with Gasteiger partial charge in [-0.05, 0) is 26.7 Å². The van der Waals surface area contributed by atoms with Crippen molar-refractivity contribution in [1.29, 1.82) is 0 Å². The Hall–Kier alpha value is -2.05. The number of hydrogen-bond acceptors (Lipinski definition) is 7. The second-order valence-electron chi connectivity index (χ2n) is 4.46. The minimum Gasteiger partial charge on any atom is -0.334 e. The van der Waals surface area contributed by atoms with E-state index in [1.807, 2.05) is 20.8 Å². The third-order valence-electron chi connectivity index (χ3n) is 3.20. The summed E-state index contributed by atoms with van der Waals surface area (Å²) in [5.74, 6) is -0.214. The molecule has 0 aliphatic carbocycles. The van der Waals surface area contributed by atoms with Crippen molar-refractivity contribution < 1.29 is 14.2 Å². The summed E-state index contributed by atoms with van der Waals surface area (Å²) in [6.45, 7) is 7.33. The summed E-state index contributed by atoms with van der Waals surface area (Å²) in [6, 6.07) is 0. The van der Waals surface area contributed by atoms with E-state index in [4.69, 9.17) is 4.52 Å². The molecule has 0 N–H and O–H groups in total. The largest absolute Gasteiger partial charge is 0.369 e. The number of aromatic nitrogens is 1. The highest BCUT2D eigenvalue weighted by atomic mass is 16.7.